The number of rotatable bonds is 2. The maximum atomic E-state index is 12.8. The second-order valence-corrected chi connectivity index (χ2v) is 7.41. The highest BCUT2D eigenvalue weighted by atomic mass is 16.5. The molecule has 2 bridgehead atoms. The third-order valence-corrected chi connectivity index (χ3v) is 6.41. The fraction of sp³-hybridized carbons (Fsp3) is 0.706. The normalized spacial score (nSPS) is 43.7. The van der Waals surface area contributed by atoms with Gasteiger partial charge in [0.25, 0.3) is 0 Å². The summed E-state index contributed by atoms with van der Waals surface area (Å²) in [4.78, 5) is 40.9. The zero-order valence-electron chi connectivity index (χ0n) is 12.9. The molecule has 6 aliphatic rings. The molecule has 2 aliphatic heterocycles. The molecular weight excluding hydrogens is 296 g/mol. The highest BCUT2D eigenvalue weighted by Crippen LogP contribution is 2.65. The Kier molecular flexibility index (Phi) is 2.78. The summed E-state index contributed by atoms with van der Waals surface area (Å²) in [5.74, 6) is 0.829. The van der Waals surface area contributed by atoms with Gasteiger partial charge in [0.2, 0.25) is 17.7 Å². The Hall–Kier alpha value is -1.69. The van der Waals surface area contributed by atoms with Crippen molar-refractivity contribution in [1.29, 1.82) is 0 Å². The molecule has 0 unspecified atom stereocenters. The molecule has 6 atom stereocenters. The predicted octanol–water partition coefficient (Wildman–Crippen LogP) is -0.102. The number of morpholine rings is 1. The minimum absolute atomic E-state index is 0.0978. The Bertz CT molecular complexity index is 588. The van der Waals surface area contributed by atoms with Gasteiger partial charge in [-0.25, -0.2) is 0 Å². The van der Waals surface area contributed by atoms with Gasteiger partial charge in [0.15, 0.2) is 0 Å². The Morgan fingerprint density at radius 3 is 2.17 bits per heavy atom. The maximum absolute atomic E-state index is 12.8. The number of likely N-dealkylation sites (tertiary alicyclic amines) is 1. The molecule has 0 aromatic heterocycles. The van der Waals surface area contributed by atoms with Crippen LogP contribution in [0, 0.1) is 35.5 Å². The van der Waals surface area contributed by atoms with Crippen LogP contribution in [0.5, 0.6) is 0 Å². The average Bonchev–Trinajstić information content (AvgIpc) is 3.37. The van der Waals surface area contributed by atoms with Gasteiger partial charge < -0.3 is 9.64 Å². The van der Waals surface area contributed by atoms with E-state index in [1.165, 1.54) is 4.90 Å². The van der Waals surface area contributed by atoms with Crippen LogP contribution in [0.3, 0.4) is 0 Å². The average molecular weight is 316 g/mol. The van der Waals surface area contributed by atoms with E-state index < -0.39 is 0 Å². The molecule has 6 heteroatoms. The summed E-state index contributed by atoms with van der Waals surface area (Å²) in [5.41, 5.74) is 0. The van der Waals surface area contributed by atoms with Crippen LogP contribution < -0.4 is 0 Å². The molecule has 6 rings (SSSR count). The summed E-state index contributed by atoms with van der Waals surface area (Å²) in [6.07, 6.45) is 5.46. The minimum atomic E-state index is -0.210. The van der Waals surface area contributed by atoms with Crippen LogP contribution in [0.4, 0.5) is 0 Å². The first kappa shape index (κ1) is 13.7. The lowest BCUT2D eigenvalue weighted by Gasteiger charge is -2.37. The summed E-state index contributed by atoms with van der Waals surface area (Å²) in [7, 11) is 0. The summed E-state index contributed by atoms with van der Waals surface area (Å²) in [6.45, 7) is 2.03. The molecule has 23 heavy (non-hydrogen) atoms. The highest BCUT2D eigenvalue weighted by Gasteiger charge is 2.67. The molecule has 0 radical (unpaired) electrons. The van der Waals surface area contributed by atoms with Crippen LogP contribution in [-0.4, -0.2) is 60.4 Å². The van der Waals surface area contributed by atoms with E-state index in [-0.39, 0.29) is 47.9 Å². The third-order valence-electron chi connectivity index (χ3n) is 6.41. The molecule has 0 N–H and O–H groups in total. The molecule has 4 fully saturated rings. The Morgan fingerprint density at radius 2 is 1.61 bits per heavy atom. The lowest BCUT2D eigenvalue weighted by Crippen LogP contribution is -2.47. The van der Waals surface area contributed by atoms with Crippen molar-refractivity contribution in [2.45, 2.75) is 6.42 Å². The second kappa shape index (κ2) is 4.66. The minimum Gasteiger partial charge on any atom is -0.378 e. The van der Waals surface area contributed by atoms with Gasteiger partial charge in [-0.3, -0.25) is 19.3 Å². The van der Waals surface area contributed by atoms with E-state index in [4.69, 9.17) is 4.74 Å². The number of allylic oxidation sites excluding steroid dienone is 2. The Labute approximate surface area is 134 Å². The van der Waals surface area contributed by atoms with E-state index in [9.17, 15) is 14.4 Å². The first-order valence-electron chi connectivity index (χ1n) is 8.56. The van der Waals surface area contributed by atoms with Crippen LogP contribution >= 0.6 is 0 Å². The lowest BCUT2D eigenvalue weighted by molar-refractivity contribution is -0.148. The maximum Gasteiger partial charge on any atom is 0.242 e. The number of imide groups is 1. The fourth-order valence-electron chi connectivity index (χ4n) is 5.22. The standard InChI is InChI=1S/C17H20N2O4/c20-13(18-3-5-23-6-4-18)8-19-16(21)14-9-1-2-10(12-7-11(9)12)15(14)17(19)22/h1-2,9-12,14-15H,3-8H2/t9-,10-,11-,12+,14-,15+/m0/s1. The quantitative estimate of drug-likeness (QED) is 0.527. The van der Waals surface area contributed by atoms with E-state index in [1.54, 1.807) is 4.90 Å². The van der Waals surface area contributed by atoms with Gasteiger partial charge in [-0.1, -0.05) is 12.2 Å². The molecule has 6 nitrogen and oxygen atoms in total. The van der Waals surface area contributed by atoms with Crippen molar-refractivity contribution in [3.8, 4) is 0 Å². The monoisotopic (exact) mass is 316 g/mol. The van der Waals surface area contributed by atoms with Crippen LogP contribution in [-0.2, 0) is 19.1 Å². The number of amides is 3. The SMILES string of the molecule is O=C(CN1C(=O)[C@@H]2[C@H]3C=C[C@@H]([C@@H]4C[C@H]34)[C@@H]2C1=O)N1CCOCC1. The fourth-order valence-corrected chi connectivity index (χ4v) is 5.22. The molecule has 122 valence electrons. The molecule has 4 aliphatic carbocycles. The van der Waals surface area contributed by atoms with Crippen LogP contribution in [0.2, 0.25) is 0 Å². The molecule has 0 aromatic rings. The van der Waals surface area contributed by atoms with Crippen LogP contribution in [0.1, 0.15) is 6.42 Å². The Morgan fingerprint density at radius 1 is 1.04 bits per heavy atom. The topological polar surface area (TPSA) is 66.9 Å². The van der Waals surface area contributed by atoms with Gasteiger partial charge in [0, 0.05) is 13.1 Å². The third kappa shape index (κ3) is 1.81. The Balaban J connectivity index is 1.36. The number of carbonyl (C=O) groups is 3. The van der Waals surface area contributed by atoms with Crippen LogP contribution in [0.15, 0.2) is 12.2 Å². The first-order chi connectivity index (χ1) is 11.2. The molecule has 0 spiro atoms. The summed E-state index contributed by atoms with van der Waals surface area (Å²) < 4.78 is 5.24. The van der Waals surface area contributed by atoms with Gasteiger partial charge in [0.1, 0.15) is 6.54 Å². The molecule has 2 saturated carbocycles. The smallest absolute Gasteiger partial charge is 0.242 e. The van der Waals surface area contributed by atoms with E-state index in [0.717, 1.165) is 6.42 Å². The second-order valence-electron chi connectivity index (χ2n) is 7.41. The molecule has 0 aromatic carbocycles. The van der Waals surface area contributed by atoms with Gasteiger partial charge in [0.05, 0.1) is 25.0 Å². The van der Waals surface area contributed by atoms with Gasteiger partial charge in [-0.05, 0) is 30.1 Å². The van der Waals surface area contributed by atoms with E-state index in [1.807, 2.05) is 0 Å². The summed E-state index contributed by atoms with van der Waals surface area (Å²) in [6, 6.07) is 0. The lowest BCUT2D eigenvalue weighted by atomic mass is 9.63. The van der Waals surface area contributed by atoms with Gasteiger partial charge >= 0.3 is 0 Å². The first-order valence-corrected chi connectivity index (χ1v) is 8.56. The number of hydrogen-bond acceptors (Lipinski definition) is 4. The van der Waals surface area contributed by atoms with Crippen molar-refractivity contribution >= 4 is 17.7 Å². The van der Waals surface area contributed by atoms with Gasteiger partial charge in [-0.15, -0.1) is 0 Å². The summed E-state index contributed by atoms with van der Waals surface area (Å²) in [5, 5.41) is 0. The number of carbonyl (C=O) groups excluding carboxylic acids is 3. The van der Waals surface area contributed by atoms with Crippen molar-refractivity contribution < 1.29 is 19.1 Å². The zero-order chi connectivity index (χ0) is 15.7. The van der Waals surface area contributed by atoms with Crippen LogP contribution in [0.25, 0.3) is 0 Å². The van der Waals surface area contributed by atoms with E-state index in [0.29, 0.717) is 38.1 Å². The van der Waals surface area contributed by atoms with Crippen molar-refractivity contribution in [2.24, 2.45) is 35.5 Å². The van der Waals surface area contributed by atoms with E-state index in [2.05, 4.69) is 12.2 Å². The van der Waals surface area contributed by atoms with Crippen molar-refractivity contribution in [3.05, 3.63) is 12.2 Å². The predicted molar refractivity (Wildman–Crippen MR) is 78.8 cm³/mol. The number of hydrogen-bond donors (Lipinski definition) is 0. The molecule has 2 heterocycles. The van der Waals surface area contributed by atoms with Gasteiger partial charge in [-0.2, -0.15) is 0 Å². The zero-order valence-corrected chi connectivity index (χ0v) is 12.9. The van der Waals surface area contributed by atoms with E-state index >= 15 is 0 Å². The largest absolute Gasteiger partial charge is 0.378 e. The number of ether oxygens (including phenoxy) is 1. The highest BCUT2D eigenvalue weighted by molar-refractivity contribution is 6.08. The van der Waals surface area contributed by atoms with Crippen molar-refractivity contribution in [3.63, 3.8) is 0 Å². The summed E-state index contributed by atoms with van der Waals surface area (Å²) >= 11 is 0. The molecular formula is C17H20N2O4. The van der Waals surface area contributed by atoms with Crippen molar-refractivity contribution in [1.82, 2.24) is 9.80 Å². The van der Waals surface area contributed by atoms with Crippen molar-refractivity contribution in [2.75, 3.05) is 32.8 Å². The molecule has 3 amide bonds. The molecule has 2 saturated heterocycles. The number of nitrogens with zero attached hydrogens (tertiary/aromatic N) is 2.